The quantitative estimate of drug-likeness (QED) is 0.666. The molecular formula is C11H11FN4O2. The van der Waals surface area contributed by atoms with Crippen LogP contribution in [-0.4, -0.2) is 14.5 Å². The van der Waals surface area contributed by atoms with Gasteiger partial charge >= 0.3 is 0 Å². The molecule has 2 rings (SSSR count). The maximum Gasteiger partial charge on any atom is 0.295 e. The Morgan fingerprint density at radius 2 is 2.33 bits per heavy atom. The SMILES string of the molecule is Cn1ccnc1CNc1ccc(F)cc1[N+](=O)[O-]. The minimum Gasteiger partial charge on any atom is -0.372 e. The molecule has 0 amide bonds. The Morgan fingerprint density at radius 3 is 2.94 bits per heavy atom. The van der Waals surface area contributed by atoms with Gasteiger partial charge in [-0.25, -0.2) is 9.37 Å². The molecule has 1 N–H and O–H groups in total. The van der Waals surface area contributed by atoms with Crippen LogP contribution in [0.5, 0.6) is 0 Å². The van der Waals surface area contributed by atoms with Crippen LogP contribution in [0, 0.1) is 15.9 Å². The summed E-state index contributed by atoms with van der Waals surface area (Å²) >= 11 is 0. The van der Waals surface area contributed by atoms with E-state index < -0.39 is 10.7 Å². The lowest BCUT2D eigenvalue weighted by molar-refractivity contribution is -0.384. The summed E-state index contributed by atoms with van der Waals surface area (Å²) in [5.41, 5.74) is -0.0198. The van der Waals surface area contributed by atoms with Gasteiger partial charge in [-0.05, 0) is 12.1 Å². The Hall–Kier alpha value is -2.44. The van der Waals surface area contributed by atoms with Crippen LogP contribution in [0.4, 0.5) is 15.8 Å². The standard InChI is InChI=1S/C11H11FN4O2/c1-15-5-4-13-11(15)7-14-9-3-2-8(12)6-10(9)16(17)18/h2-6,14H,7H2,1H3. The fraction of sp³-hybridized carbons (Fsp3) is 0.182. The van der Waals surface area contributed by atoms with Crippen molar-refractivity contribution in [3.05, 3.63) is 52.3 Å². The number of aromatic nitrogens is 2. The molecule has 0 radical (unpaired) electrons. The van der Waals surface area contributed by atoms with E-state index in [9.17, 15) is 14.5 Å². The number of nitrogens with one attached hydrogen (secondary N) is 1. The summed E-state index contributed by atoms with van der Waals surface area (Å²) in [4.78, 5) is 14.2. The van der Waals surface area contributed by atoms with Crippen molar-refractivity contribution in [2.45, 2.75) is 6.54 Å². The van der Waals surface area contributed by atoms with Crippen LogP contribution in [0.2, 0.25) is 0 Å². The average Bonchev–Trinajstić information content (AvgIpc) is 2.73. The van der Waals surface area contributed by atoms with E-state index in [0.717, 1.165) is 11.9 Å². The number of imidazole rings is 1. The largest absolute Gasteiger partial charge is 0.372 e. The molecule has 1 aromatic carbocycles. The highest BCUT2D eigenvalue weighted by molar-refractivity contribution is 5.61. The number of nitro benzene ring substituents is 1. The fourth-order valence-electron chi connectivity index (χ4n) is 1.55. The number of anilines is 1. The Bertz CT molecular complexity index is 582. The van der Waals surface area contributed by atoms with Gasteiger partial charge in [-0.3, -0.25) is 10.1 Å². The van der Waals surface area contributed by atoms with Gasteiger partial charge in [-0.2, -0.15) is 0 Å². The molecule has 0 spiro atoms. The van der Waals surface area contributed by atoms with Gasteiger partial charge in [0.2, 0.25) is 0 Å². The molecule has 0 saturated heterocycles. The zero-order valence-corrected chi connectivity index (χ0v) is 9.63. The third kappa shape index (κ3) is 2.45. The normalized spacial score (nSPS) is 10.3. The molecular weight excluding hydrogens is 239 g/mol. The zero-order valence-electron chi connectivity index (χ0n) is 9.63. The Morgan fingerprint density at radius 1 is 1.56 bits per heavy atom. The summed E-state index contributed by atoms with van der Waals surface area (Å²) in [7, 11) is 1.82. The average molecular weight is 250 g/mol. The molecule has 0 fully saturated rings. The van der Waals surface area contributed by atoms with Crippen LogP contribution in [-0.2, 0) is 13.6 Å². The van der Waals surface area contributed by atoms with Crippen molar-refractivity contribution >= 4 is 11.4 Å². The number of rotatable bonds is 4. The molecule has 1 heterocycles. The van der Waals surface area contributed by atoms with Gasteiger partial charge in [0.15, 0.2) is 0 Å². The highest BCUT2D eigenvalue weighted by Gasteiger charge is 2.14. The maximum atomic E-state index is 12.9. The monoisotopic (exact) mass is 250 g/mol. The molecule has 2 aromatic rings. The molecule has 18 heavy (non-hydrogen) atoms. The summed E-state index contributed by atoms with van der Waals surface area (Å²) in [6, 6.07) is 3.41. The molecule has 0 atom stereocenters. The van der Waals surface area contributed by atoms with Crippen LogP contribution < -0.4 is 5.32 Å². The maximum absolute atomic E-state index is 12.9. The molecule has 6 nitrogen and oxygen atoms in total. The van der Waals surface area contributed by atoms with E-state index in [0.29, 0.717) is 6.54 Å². The second-order valence-electron chi connectivity index (χ2n) is 3.73. The van der Waals surface area contributed by atoms with Crippen molar-refractivity contribution in [2.24, 2.45) is 7.05 Å². The van der Waals surface area contributed by atoms with Crippen molar-refractivity contribution in [3.63, 3.8) is 0 Å². The number of halogens is 1. The second-order valence-corrected chi connectivity index (χ2v) is 3.73. The van der Waals surface area contributed by atoms with Crippen LogP contribution in [0.1, 0.15) is 5.82 Å². The lowest BCUT2D eigenvalue weighted by atomic mass is 10.2. The highest BCUT2D eigenvalue weighted by atomic mass is 19.1. The van der Waals surface area contributed by atoms with Gasteiger partial charge in [0, 0.05) is 19.4 Å². The van der Waals surface area contributed by atoms with E-state index >= 15 is 0 Å². The number of nitro groups is 1. The van der Waals surface area contributed by atoms with Crippen molar-refractivity contribution < 1.29 is 9.31 Å². The Labute approximate surface area is 102 Å². The number of hydrogen-bond acceptors (Lipinski definition) is 4. The topological polar surface area (TPSA) is 73.0 Å². The number of benzene rings is 1. The van der Waals surface area contributed by atoms with Crippen LogP contribution >= 0.6 is 0 Å². The molecule has 1 aromatic heterocycles. The Balaban J connectivity index is 2.19. The van der Waals surface area contributed by atoms with Crippen molar-refractivity contribution in [1.82, 2.24) is 9.55 Å². The minimum absolute atomic E-state index is 0.268. The molecule has 0 unspecified atom stereocenters. The lowest BCUT2D eigenvalue weighted by Gasteiger charge is -2.07. The van der Waals surface area contributed by atoms with Gasteiger partial charge in [0.05, 0.1) is 17.5 Å². The molecule has 0 aliphatic rings. The molecule has 7 heteroatoms. The zero-order chi connectivity index (χ0) is 13.1. The minimum atomic E-state index is -0.635. The summed E-state index contributed by atoms with van der Waals surface area (Å²) in [6.07, 6.45) is 3.41. The van der Waals surface area contributed by atoms with Crippen LogP contribution in [0.15, 0.2) is 30.6 Å². The summed E-state index contributed by atoms with van der Waals surface area (Å²) in [5.74, 6) is 0.0952. The van der Waals surface area contributed by atoms with Gasteiger partial charge in [0.25, 0.3) is 5.69 Å². The molecule has 94 valence electrons. The first-order chi connectivity index (χ1) is 8.58. The number of nitrogens with zero attached hydrogens (tertiary/aromatic N) is 3. The van der Waals surface area contributed by atoms with Crippen molar-refractivity contribution in [3.8, 4) is 0 Å². The molecule has 0 bridgehead atoms. The number of hydrogen-bond donors (Lipinski definition) is 1. The van der Waals surface area contributed by atoms with Crippen molar-refractivity contribution in [2.75, 3.05) is 5.32 Å². The third-order valence-corrected chi connectivity index (χ3v) is 2.51. The van der Waals surface area contributed by atoms with Gasteiger partial charge in [-0.1, -0.05) is 0 Å². The van der Waals surface area contributed by atoms with E-state index in [4.69, 9.17) is 0 Å². The summed E-state index contributed by atoms with van der Waals surface area (Å²) in [5, 5.41) is 13.7. The molecule has 0 aliphatic carbocycles. The van der Waals surface area contributed by atoms with Crippen LogP contribution in [0.3, 0.4) is 0 Å². The lowest BCUT2D eigenvalue weighted by Crippen LogP contribution is -2.07. The second kappa shape index (κ2) is 4.82. The van der Waals surface area contributed by atoms with E-state index in [-0.39, 0.29) is 11.4 Å². The smallest absolute Gasteiger partial charge is 0.295 e. The van der Waals surface area contributed by atoms with Gasteiger partial charge in [-0.15, -0.1) is 0 Å². The summed E-state index contributed by atoms with van der Waals surface area (Å²) < 4.78 is 14.7. The van der Waals surface area contributed by atoms with Crippen molar-refractivity contribution in [1.29, 1.82) is 0 Å². The third-order valence-electron chi connectivity index (χ3n) is 2.51. The van der Waals surface area contributed by atoms with E-state index in [1.54, 1.807) is 17.0 Å². The van der Waals surface area contributed by atoms with Crippen LogP contribution in [0.25, 0.3) is 0 Å². The highest BCUT2D eigenvalue weighted by Crippen LogP contribution is 2.25. The van der Waals surface area contributed by atoms with Gasteiger partial charge in [0.1, 0.15) is 17.3 Å². The van der Waals surface area contributed by atoms with Gasteiger partial charge < -0.3 is 9.88 Å². The Kier molecular flexibility index (Phi) is 3.22. The fourth-order valence-corrected chi connectivity index (χ4v) is 1.55. The van der Waals surface area contributed by atoms with E-state index in [1.165, 1.54) is 12.1 Å². The molecule has 0 aliphatic heterocycles. The summed E-state index contributed by atoms with van der Waals surface area (Å²) in [6.45, 7) is 0.329. The first-order valence-corrected chi connectivity index (χ1v) is 5.22. The first-order valence-electron chi connectivity index (χ1n) is 5.22. The van der Waals surface area contributed by atoms with E-state index in [2.05, 4.69) is 10.3 Å². The molecule has 0 saturated carbocycles. The predicted molar refractivity (Wildman–Crippen MR) is 63.6 cm³/mol. The number of aryl methyl sites for hydroxylation is 1. The first kappa shape index (κ1) is 12.0. The predicted octanol–water partition coefficient (Wildman–Crippen LogP) is 2.08. The van der Waals surface area contributed by atoms with E-state index in [1.807, 2.05) is 7.05 Å².